The molecule has 2 aliphatic carbocycles. The molecule has 3 heteroatoms. The van der Waals surface area contributed by atoms with E-state index in [0.29, 0.717) is 30.4 Å². The van der Waals surface area contributed by atoms with Crippen LogP contribution in [0.1, 0.15) is 98.9 Å². The van der Waals surface area contributed by atoms with Gasteiger partial charge in [-0.2, -0.15) is 0 Å². The normalized spacial score (nSPS) is 20.5. The Labute approximate surface area is 265 Å². The van der Waals surface area contributed by atoms with E-state index in [2.05, 4.69) is 80.2 Å². The minimum absolute atomic E-state index is 0.144. The quantitative estimate of drug-likeness (QED) is 0.159. The van der Waals surface area contributed by atoms with E-state index in [9.17, 15) is 9.90 Å². The molecule has 0 saturated heterocycles. The van der Waals surface area contributed by atoms with Gasteiger partial charge in [0.05, 0.1) is 6.61 Å². The highest BCUT2D eigenvalue weighted by Crippen LogP contribution is 2.38. The summed E-state index contributed by atoms with van der Waals surface area (Å²) in [6.45, 7) is 8.14. The zero-order chi connectivity index (χ0) is 30.9. The van der Waals surface area contributed by atoms with Gasteiger partial charge in [-0.25, -0.2) is 4.79 Å². The lowest BCUT2D eigenvalue weighted by atomic mass is 9.73. The maximum Gasteiger partial charge on any atom is 0.333 e. The molecule has 3 aromatic carbocycles. The summed E-state index contributed by atoms with van der Waals surface area (Å²) in [6, 6.07) is 25.8. The second-order valence-electron chi connectivity index (χ2n) is 13.6. The molecule has 2 unspecified atom stereocenters. The van der Waals surface area contributed by atoms with Crippen LogP contribution in [0.15, 0.2) is 78.9 Å². The van der Waals surface area contributed by atoms with Crippen molar-refractivity contribution in [1.29, 1.82) is 0 Å². The maximum absolute atomic E-state index is 11.9. The fourth-order valence-corrected chi connectivity index (χ4v) is 7.57. The number of benzene rings is 3. The summed E-state index contributed by atoms with van der Waals surface area (Å²) in [5.41, 5.74) is 10.5. The third kappa shape index (κ3) is 8.51. The standard InChI is InChI=1S/C41H52O3/c1-4-5-30-8-14-33(15-9-30)36-20-22-39-27-37(21-23-38(39)26-36)34-16-10-31(11-17-34)6-7-32-12-18-35(19-13-32)40(24-25-42)28-44-41(43)29(2)3/h8-11,14-17,21,23,27,32,35-36,40,42H,2,4-7,12-13,18-20,22,24-26,28H2,1,3H3. The SMILES string of the molecule is C=C(C)C(=O)OCC(CCO)C1CCC(CCc2ccc(-c3ccc4c(c3)CCC(c3ccc(CCC)cc3)C4)cc2)CC1. The molecular formula is C41H52O3. The average molecular weight is 593 g/mol. The van der Waals surface area contributed by atoms with Crippen LogP contribution in [0.5, 0.6) is 0 Å². The topological polar surface area (TPSA) is 46.5 Å². The van der Waals surface area contributed by atoms with Crippen LogP contribution in [0.2, 0.25) is 0 Å². The Morgan fingerprint density at radius 3 is 2.25 bits per heavy atom. The second kappa shape index (κ2) is 15.7. The molecule has 2 atom stereocenters. The smallest absolute Gasteiger partial charge is 0.333 e. The van der Waals surface area contributed by atoms with Crippen LogP contribution < -0.4 is 0 Å². The number of carbonyl (C=O) groups is 1. The Morgan fingerprint density at radius 2 is 1.57 bits per heavy atom. The molecule has 1 N–H and O–H groups in total. The highest BCUT2D eigenvalue weighted by atomic mass is 16.5. The summed E-state index contributed by atoms with van der Waals surface area (Å²) >= 11 is 0. The van der Waals surface area contributed by atoms with Gasteiger partial charge in [0.1, 0.15) is 0 Å². The number of ether oxygens (including phenoxy) is 1. The highest BCUT2D eigenvalue weighted by Gasteiger charge is 2.28. The number of aliphatic hydroxyl groups is 1. The second-order valence-corrected chi connectivity index (χ2v) is 13.6. The van der Waals surface area contributed by atoms with Crippen LogP contribution in [0.3, 0.4) is 0 Å². The van der Waals surface area contributed by atoms with Gasteiger partial charge >= 0.3 is 5.97 Å². The molecule has 0 aromatic heterocycles. The number of aryl methyl sites for hydroxylation is 3. The van der Waals surface area contributed by atoms with Gasteiger partial charge < -0.3 is 9.84 Å². The van der Waals surface area contributed by atoms with Crippen LogP contribution in [-0.4, -0.2) is 24.3 Å². The van der Waals surface area contributed by atoms with Crippen molar-refractivity contribution in [2.45, 2.75) is 96.8 Å². The third-order valence-electron chi connectivity index (χ3n) is 10.4. The number of aliphatic hydroxyl groups excluding tert-OH is 1. The number of fused-ring (bicyclic) bond motifs is 1. The van der Waals surface area contributed by atoms with E-state index < -0.39 is 0 Å². The van der Waals surface area contributed by atoms with Gasteiger partial charge in [0.2, 0.25) is 0 Å². The van der Waals surface area contributed by atoms with E-state index >= 15 is 0 Å². The lowest BCUT2D eigenvalue weighted by molar-refractivity contribution is -0.141. The van der Waals surface area contributed by atoms with E-state index in [4.69, 9.17) is 4.74 Å². The van der Waals surface area contributed by atoms with Gasteiger partial charge in [0, 0.05) is 12.2 Å². The Morgan fingerprint density at radius 1 is 0.886 bits per heavy atom. The van der Waals surface area contributed by atoms with E-state index in [-0.39, 0.29) is 18.5 Å². The molecule has 2 aliphatic rings. The van der Waals surface area contributed by atoms with E-state index in [1.807, 2.05) is 0 Å². The van der Waals surface area contributed by atoms with Gasteiger partial charge in [-0.05, 0) is 127 Å². The van der Waals surface area contributed by atoms with Crippen LogP contribution >= 0.6 is 0 Å². The Kier molecular flexibility index (Phi) is 11.5. The summed E-state index contributed by atoms with van der Waals surface area (Å²) in [4.78, 5) is 11.9. The van der Waals surface area contributed by atoms with Crippen molar-refractivity contribution in [3.63, 3.8) is 0 Å². The molecule has 5 rings (SSSR count). The first-order chi connectivity index (χ1) is 21.4. The summed E-state index contributed by atoms with van der Waals surface area (Å²) in [5.74, 6) is 1.82. The zero-order valence-corrected chi connectivity index (χ0v) is 27.0. The molecule has 1 fully saturated rings. The summed E-state index contributed by atoms with van der Waals surface area (Å²) in [6.07, 6.45) is 13.7. The Hall–Kier alpha value is -3.17. The first-order valence-corrected chi connectivity index (χ1v) is 17.2. The fourth-order valence-electron chi connectivity index (χ4n) is 7.57. The van der Waals surface area contributed by atoms with Crippen LogP contribution in [0.4, 0.5) is 0 Å². The van der Waals surface area contributed by atoms with Gasteiger partial charge in [0.15, 0.2) is 0 Å². The molecule has 3 aromatic rings. The van der Waals surface area contributed by atoms with Crippen molar-refractivity contribution in [2.24, 2.45) is 17.8 Å². The lowest BCUT2D eigenvalue weighted by Crippen LogP contribution is -2.27. The van der Waals surface area contributed by atoms with Crippen molar-refractivity contribution in [1.82, 2.24) is 0 Å². The molecule has 0 heterocycles. The average Bonchev–Trinajstić information content (AvgIpc) is 3.06. The third-order valence-corrected chi connectivity index (χ3v) is 10.4. The number of carbonyl (C=O) groups excluding carboxylic acids is 1. The molecule has 44 heavy (non-hydrogen) atoms. The minimum atomic E-state index is -0.322. The summed E-state index contributed by atoms with van der Waals surface area (Å²) in [5, 5.41) is 9.56. The van der Waals surface area contributed by atoms with Crippen molar-refractivity contribution in [3.05, 3.63) is 107 Å². The van der Waals surface area contributed by atoms with Crippen LogP contribution in [-0.2, 0) is 35.2 Å². The first-order valence-electron chi connectivity index (χ1n) is 17.2. The Bertz CT molecular complexity index is 1360. The fraction of sp³-hybridized carbons (Fsp3) is 0.488. The van der Waals surface area contributed by atoms with E-state index in [1.165, 1.54) is 77.5 Å². The molecule has 0 spiro atoms. The summed E-state index contributed by atoms with van der Waals surface area (Å²) < 4.78 is 5.45. The predicted molar refractivity (Wildman–Crippen MR) is 182 cm³/mol. The molecule has 0 radical (unpaired) electrons. The lowest BCUT2D eigenvalue weighted by Gasteiger charge is -2.33. The molecule has 234 valence electrons. The largest absolute Gasteiger partial charge is 0.462 e. The van der Waals surface area contributed by atoms with E-state index in [1.54, 1.807) is 6.92 Å². The first kappa shape index (κ1) is 32.2. The van der Waals surface area contributed by atoms with Gasteiger partial charge in [-0.3, -0.25) is 0 Å². The van der Waals surface area contributed by atoms with Gasteiger partial charge in [-0.15, -0.1) is 0 Å². The molecule has 0 amide bonds. The number of rotatable bonds is 13. The van der Waals surface area contributed by atoms with Crippen LogP contribution in [0, 0.1) is 17.8 Å². The summed E-state index contributed by atoms with van der Waals surface area (Å²) in [7, 11) is 0. The molecule has 0 aliphatic heterocycles. The number of hydrogen-bond donors (Lipinski definition) is 1. The molecule has 0 bridgehead atoms. The van der Waals surface area contributed by atoms with Crippen molar-refractivity contribution in [3.8, 4) is 11.1 Å². The zero-order valence-electron chi connectivity index (χ0n) is 27.0. The maximum atomic E-state index is 11.9. The van der Waals surface area contributed by atoms with Crippen molar-refractivity contribution < 1.29 is 14.6 Å². The van der Waals surface area contributed by atoms with Crippen molar-refractivity contribution >= 4 is 5.97 Å². The van der Waals surface area contributed by atoms with Gasteiger partial charge in [-0.1, -0.05) is 99.5 Å². The Balaban J connectivity index is 1.09. The monoisotopic (exact) mass is 592 g/mol. The van der Waals surface area contributed by atoms with E-state index in [0.717, 1.165) is 38.0 Å². The molecular weight excluding hydrogens is 540 g/mol. The highest BCUT2D eigenvalue weighted by molar-refractivity contribution is 5.86. The molecule has 1 saturated carbocycles. The minimum Gasteiger partial charge on any atom is -0.462 e. The predicted octanol–water partition coefficient (Wildman–Crippen LogP) is 9.44. The van der Waals surface area contributed by atoms with Crippen LogP contribution in [0.25, 0.3) is 11.1 Å². The number of esters is 1. The van der Waals surface area contributed by atoms with Crippen molar-refractivity contribution in [2.75, 3.05) is 13.2 Å². The number of hydrogen-bond acceptors (Lipinski definition) is 3. The molecule has 3 nitrogen and oxygen atoms in total. The van der Waals surface area contributed by atoms with Gasteiger partial charge in [0.25, 0.3) is 0 Å².